The van der Waals surface area contributed by atoms with Gasteiger partial charge < -0.3 is 10.2 Å². The van der Waals surface area contributed by atoms with Crippen molar-refractivity contribution in [1.29, 1.82) is 0 Å². The van der Waals surface area contributed by atoms with Gasteiger partial charge in [0.25, 0.3) is 0 Å². The number of halogens is 1. The largest absolute Gasteiger partial charge is 0.354 e. The second-order valence-corrected chi connectivity index (χ2v) is 11.9. The number of benzene rings is 2. The minimum atomic E-state index is -3.75. The molecule has 2 amide bonds. The molecule has 7 nitrogen and oxygen atoms in total. The Labute approximate surface area is 211 Å². The highest BCUT2D eigenvalue weighted by Gasteiger charge is 2.30. The zero-order chi connectivity index (χ0) is 25.6. The summed E-state index contributed by atoms with van der Waals surface area (Å²) < 4.78 is 27.3. The van der Waals surface area contributed by atoms with Crippen molar-refractivity contribution in [3.8, 4) is 0 Å². The molecular formula is C25H34BrN3O4S. The summed E-state index contributed by atoms with van der Waals surface area (Å²) in [5, 5.41) is 2.87. The van der Waals surface area contributed by atoms with E-state index in [1.54, 1.807) is 19.1 Å². The van der Waals surface area contributed by atoms with Crippen LogP contribution in [0.5, 0.6) is 0 Å². The molecule has 1 atom stereocenters. The van der Waals surface area contributed by atoms with Crippen LogP contribution in [0.4, 0.5) is 5.69 Å². The lowest BCUT2D eigenvalue weighted by Gasteiger charge is -2.31. The molecule has 0 saturated carbocycles. The van der Waals surface area contributed by atoms with E-state index in [9.17, 15) is 18.0 Å². The lowest BCUT2D eigenvalue weighted by Crippen LogP contribution is -2.51. The third kappa shape index (κ3) is 8.13. The fourth-order valence-corrected chi connectivity index (χ4v) is 4.86. The Bertz CT molecular complexity index is 1110. The number of amides is 2. The molecule has 2 rings (SSSR count). The summed E-state index contributed by atoms with van der Waals surface area (Å²) in [5.41, 5.74) is 3.03. The number of aryl methyl sites for hydroxylation is 2. The number of hydrogen-bond acceptors (Lipinski definition) is 4. The first-order valence-electron chi connectivity index (χ1n) is 11.2. The van der Waals surface area contributed by atoms with Crippen LogP contribution < -0.4 is 9.62 Å². The monoisotopic (exact) mass is 551 g/mol. The van der Waals surface area contributed by atoms with Gasteiger partial charge in [0.05, 0.1) is 11.9 Å². The number of nitrogens with one attached hydrogen (secondary N) is 1. The fraction of sp³-hybridized carbons (Fsp3) is 0.440. The average Bonchev–Trinajstić information content (AvgIpc) is 2.71. The number of hydrogen-bond donors (Lipinski definition) is 1. The number of anilines is 1. The maximum atomic E-state index is 13.5. The van der Waals surface area contributed by atoms with Crippen molar-refractivity contribution in [3.63, 3.8) is 0 Å². The molecular weight excluding hydrogens is 518 g/mol. The van der Waals surface area contributed by atoms with Gasteiger partial charge in [0.1, 0.15) is 12.6 Å². The van der Waals surface area contributed by atoms with E-state index in [1.165, 1.54) is 4.90 Å². The molecule has 2 aromatic carbocycles. The molecule has 0 spiro atoms. The summed E-state index contributed by atoms with van der Waals surface area (Å²) in [5.74, 6) is -0.484. The summed E-state index contributed by atoms with van der Waals surface area (Å²) >= 11 is 3.44. The standard InChI is InChI=1S/C25H34BrN3O4S/c1-17(2)14-27-25(31)20(5)28(15-21-8-7-9-22(26)13-21)24(30)16-29(34(6,32)33)23-11-18(3)10-19(4)12-23/h7-13,17,20H,14-16H2,1-6H3,(H,27,31)/t20-/m1/s1. The van der Waals surface area contributed by atoms with E-state index in [-0.39, 0.29) is 18.4 Å². The maximum absolute atomic E-state index is 13.5. The van der Waals surface area contributed by atoms with Gasteiger partial charge in [-0.2, -0.15) is 0 Å². The predicted molar refractivity (Wildman–Crippen MR) is 140 cm³/mol. The van der Waals surface area contributed by atoms with Gasteiger partial charge in [0.15, 0.2) is 0 Å². The van der Waals surface area contributed by atoms with Crippen LogP contribution in [0.15, 0.2) is 46.9 Å². The Morgan fingerprint density at radius 2 is 1.65 bits per heavy atom. The van der Waals surface area contributed by atoms with Crippen molar-refractivity contribution >= 4 is 43.5 Å². The Balaban J connectivity index is 2.40. The van der Waals surface area contributed by atoms with E-state index in [4.69, 9.17) is 0 Å². The van der Waals surface area contributed by atoms with Crippen LogP contribution in [0.1, 0.15) is 37.5 Å². The molecule has 186 valence electrons. The van der Waals surface area contributed by atoms with Crippen LogP contribution in [0, 0.1) is 19.8 Å². The van der Waals surface area contributed by atoms with Crippen molar-refractivity contribution in [2.45, 2.75) is 47.2 Å². The van der Waals surface area contributed by atoms with Crippen LogP contribution in [0.25, 0.3) is 0 Å². The molecule has 0 unspecified atom stereocenters. The van der Waals surface area contributed by atoms with E-state index in [0.717, 1.165) is 31.7 Å². The van der Waals surface area contributed by atoms with Gasteiger partial charge in [0.2, 0.25) is 21.8 Å². The Kier molecular flexibility index (Phi) is 9.70. The van der Waals surface area contributed by atoms with E-state index >= 15 is 0 Å². The van der Waals surface area contributed by atoms with Crippen LogP contribution >= 0.6 is 15.9 Å². The quantitative estimate of drug-likeness (QED) is 0.483. The van der Waals surface area contributed by atoms with Gasteiger partial charge >= 0.3 is 0 Å². The van der Waals surface area contributed by atoms with Crippen LogP contribution in [0.3, 0.4) is 0 Å². The first-order valence-corrected chi connectivity index (χ1v) is 13.8. The minimum Gasteiger partial charge on any atom is -0.354 e. The average molecular weight is 553 g/mol. The summed E-state index contributed by atoms with van der Waals surface area (Å²) in [7, 11) is -3.75. The number of rotatable bonds is 10. The zero-order valence-electron chi connectivity index (χ0n) is 20.6. The topological polar surface area (TPSA) is 86.8 Å². The van der Waals surface area contributed by atoms with E-state index in [1.807, 2.05) is 58.0 Å². The van der Waals surface area contributed by atoms with Gasteiger partial charge in [-0.25, -0.2) is 8.42 Å². The molecule has 2 aromatic rings. The lowest BCUT2D eigenvalue weighted by molar-refractivity contribution is -0.139. The highest BCUT2D eigenvalue weighted by Crippen LogP contribution is 2.22. The number of sulfonamides is 1. The molecule has 0 heterocycles. The molecule has 9 heteroatoms. The van der Waals surface area contributed by atoms with Crippen molar-refractivity contribution in [2.24, 2.45) is 5.92 Å². The molecule has 0 radical (unpaired) electrons. The number of carbonyl (C=O) groups is 2. The molecule has 0 bridgehead atoms. The molecule has 1 N–H and O–H groups in total. The fourth-order valence-electron chi connectivity index (χ4n) is 3.58. The van der Waals surface area contributed by atoms with Gasteiger partial charge in [-0.15, -0.1) is 0 Å². The molecule has 0 fully saturated rings. The van der Waals surface area contributed by atoms with Gasteiger partial charge in [-0.1, -0.05) is 48.0 Å². The predicted octanol–water partition coefficient (Wildman–Crippen LogP) is 4.02. The van der Waals surface area contributed by atoms with Crippen LogP contribution in [0.2, 0.25) is 0 Å². The first kappa shape index (κ1) is 27.9. The Hall–Kier alpha value is -2.39. The molecule has 0 aromatic heterocycles. The van der Waals surface area contributed by atoms with E-state index in [2.05, 4.69) is 21.2 Å². The van der Waals surface area contributed by atoms with Gasteiger partial charge in [0, 0.05) is 17.6 Å². The number of nitrogens with zero attached hydrogens (tertiary/aromatic N) is 2. The highest BCUT2D eigenvalue weighted by molar-refractivity contribution is 9.10. The second kappa shape index (κ2) is 11.8. The third-order valence-corrected chi connectivity index (χ3v) is 6.90. The SMILES string of the molecule is Cc1cc(C)cc(N(CC(=O)N(Cc2cccc(Br)c2)[C@H](C)C(=O)NCC(C)C)S(C)(=O)=O)c1. The van der Waals surface area contributed by atoms with Crippen molar-refractivity contribution in [2.75, 3.05) is 23.7 Å². The van der Waals surface area contributed by atoms with E-state index in [0.29, 0.717) is 12.2 Å². The minimum absolute atomic E-state index is 0.166. The maximum Gasteiger partial charge on any atom is 0.244 e. The molecule has 0 saturated heterocycles. The van der Waals surface area contributed by atoms with Crippen molar-refractivity contribution < 1.29 is 18.0 Å². The first-order chi connectivity index (χ1) is 15.8. The molecule has 34 heavy (non-hydrogen) atoms. The smallest absolute Gasteiger partial charge is 0.244 e. The lowest BCUT2D eigenvalue weighted by atomic mass is 10.1. The Morgan fingerprint density at radius 1 is 1.03 bits per heavy atom. The Morgan fingerprint density at radius 3 is 2.18 bits per heavy atom. The third-order valence-electron chi connectivity index (χ3n) is 5.27. The van der Waals surface area contributed by atoms with Gasteiger partial charge in [-0.05, 0) is 67.6 Å². The summed E-state index contributed by atoms with van der Waals surface area (Å²) in [6, 6.07) is 12.1. The highest BCUT2D eigenvalue weighted by atomic mass is 79.9. The van der Waals surface area contributed by atoms with E-state index < -0.39 is 28.5 Å². The zero-order valence-corrected chi connectivity index (χ0v) is 23.0. The van der Waals surface area contributed by atoms with Crippen LogP contribution in [-0.2, 0) is 26.2 Å². The van der Waals surface area contributed by atoms with Gasteiger partial charge in [-0.3, -0.25) is 13.9 Å². The normalized spacial score (nSPS) is 12.4. The van der Waals surface area contributed by atoms with Crippen molar-refractivity contribution in [3.05, 3.63) is 63.6 Å². The number of carbonyl (C=O) groups excluding carboxylic acids is 2. The molecule has 0 aliphatic carbocycles. The molecule has 0 aliphatic rings. The molecule has 0 aliphatic heterocycles. The van der Waals surface area contributed by atoms with Crippen molar-refractivity contribution in [1.82, 2.24) is 10.2 Å². The summed E-state index contributed by atoms with van der Waals surface area (Å²) in [4.78, 5) is 27.8. The second-order valence-electron chi connectivity index (χ2n) is 9.08. The van der Waals surface area contributed by atoms with Crippen LogP contribution in [-0.4, -0.2) is 50.5 Å². The summed E-state index contributed by atoms with van der Waals surface area (Å²) in [6.45, 7) is 9.63. The summed E-state index contributed by atoms with van der Waals surface area (Å²) in [6.07, 6.45) is 1.08.